The van der Waals surface area contributed by atoms with Gasteiger partial charge in [-0.15, -0.1) is 0 Å². The van der Waals surface area contributed by atoms with Crippen LogP contribution >= 0.6 is 35.0 Å². The highest BCUT2D eigenvalue weighted by molar-refractivity contribution is 7.99. The van der Waals surface area contributed by atoms with Crippen LogP contribution in [0.2, 0.25) is 10.2 Å². The Labute approximate surface area is 156 Å². The number of benzene rings is 1. The molecule has 1 aliphatic rings. The average Bonchev–Trinajstić information content (AvgIpc) is 2.59. The van der Waals surface area contributed by atoms with E-state index in [2.05, 4.69) is 32.1 Å². The van der Waals surface area contributed by atoms with Crippen LogP contribution in [0.25, 0.3) is 0 Å². The highest BCUT2D eigenvalue weighted by Gasteiger charge is 2.22. The highest BCUT2D eigenvalue weighted by atomic mass is 35.5. The molecule has 0 radical (unpaired) electrons. The van der Waals surface area contributed by atoms with Crippen molar-refractivity contribution < 1.29 is 0 Å². The van der Waals surface area contributed by atoms with Gasteiger partial charge in [-0.3, -0.25) is 0 Å². The van der Waals surface area contributed by atoms with E-state index in [-0.39, 0.29) is 0 Å². The third-order valence-electron chi connectivity index (χ3n) is 3.87. The van der Waals surface area contributed by atoms with E-state index >= 15 is 0 Å². The third-order valence-corrected chi connectivity index (χ3v) is 5.59. The zero-order chi connectivity index (χ0) is 17.1. The summed E-state index contributed by atoms with van der Waals surface area (Å²) in [6.45, 7) is 3.84. The molecule has 1 aromatic carbocycles. The first-order valence-electron chi connectivity index (χ1n) is 7.69. The second-order valence-electron chi connectivity index (χ2n) is 5.59. The third kappa shape index (κ3) is 4.06. The van der Waals surface area contributed by atoms with Crippen LogP contribution in [0, 0.1) is 0 Å². The maximum absolute atomic E-state index is 6.47. The van der Waals surface area contributed by atoms with E-state index < -0.39 is 0 Å². The molecule has 0 spiro atoms. The SMILES string of the molecule is CNc1nc(Cl)c(Sc2ccc(Cl)cc2)c(N2CCN(C)CC2)n1. The van der Waals surface area contributed by atoms with E-state index in [1.807, 2.05) is 24.3 Å². The van der Waals surface area contributed by atoms with Gasteiger partial charge in [0.25, 0.3) is 0 Å². The summed E-state index contributed by atoms with van der Waals surface area (Å²) in [5, 5.41) is 4.16. The molecule has 0 aliphatic carbocycles. The number of halogens is 2. The molecule has 2 heterocycles. The molecule has 0 amide bonds. The van der Waals surface area contributed by atoms with E-state index in [4.69, 9.17) is 23.2 Å². The Kier molecular flexibility index (Phi) is 5.71. The van der Waals surface area contributed by atoms with Gasteiger partial charge in [-0.25, -0.2) is 0 Å². The first-order chi connectivity index (χ1) is 11.6. The van der Waals surface area contributed by atoms with Gasteiger partial charge in [-0.05, 0) is 31.3 Å². The first kappa shape index (κ1) is 17.6. The largest absolute Gasteiger partial charge is 0.357 e. The van der Waals surface area contributed by atoms with Crippen molar-refractivity contribution in [1.29, 1.82) is 0 Å². The molecule has 0 bridgehead atoms. The predicted octanol–water partition coefficient (Wildman–Crippen LogP) is 3.73. The van der Waals surface area contributed by atoms with Crippen molar-refractivity contribution >= 4 is 46.7 Å². The van der Waals surface area contributed by atoms with E-state index in [9.17, 15) is 0 Å². The van der Waals surface area contributed by atoms with Crippen LogP contribution in [0.3, 0.4) is 0 Å². The minimum atomic E-state index is 0.461. The molecule has 0 atom stereocenters. The van der Waals surface area contributed by atoms with Gasteiger partial charge in [0.15, 0.2) is 5.15 Å². The van der Waals surface area contributed by atoms with Gasteiger partial charge < -0.3 is 15.1 Å². The Morgan fingerprint density at radius 3 is 2.33 bits per heavy atom. The molecule has 128 valence electrons. The van der Waals surface area contributed by atoms with Gasteiger partial charge in [0, 0.05) is 43.1 Å². The lowest BCUT2D eigenvalue weighted by Gasteiger charge is -2.34. The van der Waals surface area contributed by atoms with Crippen LogP contribution in [-0.4, -0.2) is 55.1 Å². The maximum atomic E-state index is 6.47. The summed E-state index contributed by atoms with van der Waals surface area (Å²) < 4.78 is 0. The summed E-state index contributed by atoms with van der Waals surface area (Å²) in [6.07, 6.45) is 0. The van der Waals surface area contributed by atoms with Crippen molar-refractivity contribution in [2.24, 2.45) is 0 Å². The van der Waals surface area contributed by atoms with Gasteiger partial charge in [-0.2, -0.15) is 9.97 Å². The van der Waals surface area contributed by atoms with Gasteiger partial charge in [0.05, 0.1) is 4.90 Å². The lowest BCUT2D eigenvalue weighted by Crippen LogP contribution is -2.45. The quantitative estimate of drug-likeness (QED) is 0.811. The number of piperazine rings is 1. The molecule has 1 aromatic heterocycles. The summed E-state index contributed by atoms with van der Waals surface area (Å²) in [7, 11) is 3.93. The molecule has 1 saturated heterocycles. The highest BCUT2D eigenvalue weighted by Crippen LogP contribution is 2.39. The molecule has 1 N–H and O–H groups in total. The van der Waals surface area contributed by atoms with Crippen LogP contribution < -0.4 is 10.2 Å². The molecule has 8 heteroatoms. The number of hydrogen-bond donors (Lipinski definition) is 1. The Hall–Kier alpha value is -1.21. The standard InChI is InChI=1S/C16H19Cl2N5S/c1-19-16-20-14(18)13(24-12-5-3-11(17)4-6-12)15(21-16)23-9-7-22(2)8-10-23/h3-6H,7-10H2,1-2H3,(H,19,20,21). The van der Waals surface area contributed by atoms with Crippen molar-refractivity contribution in [3.63, 3.8) is 0 Å². The number of likely N-dealkylation sites (N-methyl/N-ethyl adjacent to an activating group) is 1. The number of hydrogen-bond acceptors (Lipinski definition) is 6. The van der Waals surface area contributed by atoms with Crippen LogP contribution in [0.4, 0.5) is 11.8 Å². The fourth-order valence-electron chi connectivity index (χ4n) is 2.46. The molecular weight excluding hydrogens is 365 g/mol. The van der Waals surface area contributed by atoms with Gasteiger partial charge in [-0.1, -0.05) is 35.0 Å². The summed E-state index contributed by atoms with van der Waals surface area (Å²) in [5.74, 6) is 1.42. The van der Waals surface area contributed by atoms with E-state index in [1.54, 1.807) is 18.8 Å². The number of anilines is 2. The average molecular weight is 384 g/mol. The minimum absolute atomic E-state index is 0.461. The molecule has 0 unspecified atom stereocenters. The van der Waals surface area contributed by atoms with Gasteiger partial charge in [0.2, 0.25) is 5.95 Å². The Balaban J connectivity index is 1.95. The van der Waals surface area contributed by atoms with E-state index in [0.717, 1.165) is 41.8 Å². The molecule has 1 aliphatic heterocycles. The first-order valence-corrected chi connectivity index (χ1v) is 9.26. The summed E-state index contributed by atoms with van der Waals surface area (Å²) >= 11 is 14.0. The van der Waals surface area contributed by atoms with Crippen LogP contribution in [0.5, 0.6) is 0 Å². The fourth-order valence-corrected chi connectivity index (χ4v) is 3.77. The topological polar surface area (TPSA) is 44.3 Å². The van der Waals surface area contributed by atoms with Crippen molar-refractivity contribution in [3.8, 4) is 0 Å². The minimum Gasteiger partial charge on any atom is -0.357 e. The van der Waals surface area contributed by atoms with Crippen LogP contribution in [0.15, 0.2) is 34.1 Å². The Bertz CT molecular complexity index is 702. The lowest BCUT2D eigenvalue weighted by atomic mass is 10.3. The maximum Gasteiger partial charge on any atom is 0.225 e. The smallest absolute Gasteiger partial charge is 0.225 e. The molecule has 5 nitrogen and oxygen atoms in total. The molecule has 3 rings (SSSR count). The second kappa shape index (κ2) is 7.78. The number of aromatic nitrogens is 2. The van der Waals surface area contributed by atoms with Crippen molar-refractivity contribution in [3.05, 3.63) is 34.4 Å². The van der Waals surface area contributed by atoms with E-state index in [1.165, 1.54) is 0 Å². The zero-order valence-corrected chi connectivity index (χ0v) is 15.9. The second-order valence-corrected chi connectivity index (χ2v) is 7.47. The van der Waals surface area contributed by atoms with Crippen LogP contribution in [0.1, 0.15) is 0 Å². The Morgan fingerprint density at radius 2 is 1.71 bits per heavy atom. The predicted molar refractivity (Wildman–Crippen MR) is 102 cm³/mol. The summed E-state index contributed by atoms with van der Waals surface area (Å²) in [6, 6.07) is 7.69. The number of nitrogens with one attached hydrogen (secondary N) is 1. The summed E-state index contributed by atoms with van der Waals surface area (Å²) in [4.78, 5) is 15.5. The van der Waals surface area contributed by atoms with Crippen molar-refractivity contribution in [1.82, 2.24) is 14.9 Å². The molecule has 24 heavy (non-hydrogen) atoms. The van der Waals surface area contributed by atoms with Gasteiger partial charge >= 0.3 is 0 Å². The van der Waals surface area contributed by atoms with Gasteiger partial charge in [0.1, 0.15) is 5.82 Å². The lowest BCUT2D eigenvalue weighted by molar-refractivity contribution is 0.311. The summed E-state index contributed by atoms with van der Waals surface area (Å²) in [5.41, 5.74) is 0. The zero-order valence-electron chi connectivity index (χ0n) is 13.6. The molecule has 0 saturated carbocycles. The monoisotopic (exact) mass is 383 g/mol. The molecule has 2 aromatic rings. The normalized spacial score (nSPS) is 15.6. The fraction of sp³-hybridized carbons (Fsp3) is 0.375. The van der Waals surface area contributed by atoms with Crippen LogP contribution in [-0.2, 0) is 0 Å². The van der Waals surface area contributed by atoms with Crippen molar-refractivity contribution in [2.75, 3.05) is 50.5 Å². The van der Waals surface area contributed by atoms with E-state index in [0.29, 0.717) is 16.1 Å². The Morgan fingerprint density at radius 1 is 1.04 bits per heavy atom. The number of rotatable bonds is 4. The number of nitrogens with zero attached hydrogens (tertiary/aromatic N) is 4. The van der Waals surface area contributed by atoms with Crippen molar-refractivity contribution in [2.45, 2.75) is 9.79 Å². The molecule has 1 fully saturated rings. The molecular formula is C16H19Cl2N5S.